The maximum absolute atomic E-state index is 13.5. The normalized spacial score (nSPS) is 18.4. The Balaban J connectivity index is 1.76. The predicted octanol–water partition coefficient (Wildman–Crippen LogP) is 4.77. The fourth-order valence-corrected chi connectivity index (χ4v) is 3.75. The van der Waals surface area contributed by atoms with Crippen molar-refractivity contribution < 1.29 is 9.72 Å². The molecule has 0 fully saturated rings. The van der Waals surface area contributed by atoms with Crippen LogP contribution in [0.2, 0.25) is 0 Å². The first-order chi connectivity index (χ1) is 13.0. The van der Waals surface area contributed by atoms with E-state index < -0.39 is 10.3 Å². The molecule has 5 heteroatoms. The molecule has 1 amide bonds. The van der Waals surface area contributed by atoms with Crippen LogP contribution in [0.1, 0.15) is 18.1 Å². The van der Waals surface area contributed by atoms with Crippen LogP contribution in [0, 0.1) is 10.1 Å². The molecular weight excluding hydrogens is 340 g/mol. The SMILES string of the molecule is CC1(Cc2ccc([N+](=O)[O-])cc2)C(=O)N(c2ccccc2)c2ccccc21. The van der Waals surface area contributed by atoms with Gasteiger partial charge >= 0.3 is 0 Å². The van der Waals surface area contributed by atoms with Crippen LogP contribution in [0.5, 0.6) is 0 Å². The molecule has 0 spiro atoms. The minimum Gasteiger partial charge on any atom is -0.280 e. The molecule has 1 atom stereocenters. The summed E-state index contributed by atoms with van der Waals surface area (Å²) in [6.45, 7) is 1.94. The van der Waals surface area contributed by atoms with Crippen molar-refractivity contribution in [1.29, 1.82) is 0 Å². The molecule has 1 aliphatic heterocycles. The summed E-state index contributed by atoms with van der Waals surface area (Å²) in [6, 6.07) is 23.8. The van der Waals surface area contributed by atoms with Crippen LogP contribution < -0.4 is 4.90 Å². The molecule has 1 heterocycles. The van der Waals surface area contributed by atoms with Gasteiger partial charge in [-0.05, 0) is 42.7 Å². The monoisotopic (exact) mass is 358 g/mol. The molecule has 0 aromatic heterocycles. The highest BCUT2D eigenvalue weighted by atomic mass is 16.6. The molecule has 1 aliphatic rings. The average Bonchev–Trinajstić information content (AvgIpc) is 2.90. The summed E-state index contributed by atoms with van der Waals surface area (Å²) in [7, 11) is 0. The molecule has 0 saturated carbocycles. The van der Waals surface area contributed by atoms with Gasteiger partial charge in [-0.2, -0.15) is 0 Å². The fourth-order valence-electron chi connectivity index (χ4n) is 3.75. The summed E-state index contributed by atoms with van der Waals surface area (Å²) in [5, 5.41) is 10.9. The van der Waals surface area contributed by atoms with Crippen LogP contribution in [0.25, 0.3) is 0 Å². The van der Waals surface area contributed by atoms with E-state index in [4.69, 9.17) is 0 Å². The molecule has 4 rings (SSSR count). The van der Waals surface area contributed by atoms with Crippen molar-refractivity contribution in [3.63, 3.8) is 0 Å². The number of nitro groups is 1. The highest BCUT2D eigenvalue weighted by Gasteiger charge is 2.47. The molecule has 134 valence electrons. The third-order valence-electron chi connectivity index (χ3n) is 5.13. The standard InChI is InChI=1S/C22H18N2O3/c1-22(15-16-11-13-18(14-12-16)24(26)27)19-9-5-6-10-20(19)23(21(22)25)17-7-3-2-4-8-17/h2-14H,15H2,1H3. The average molecular weight is 358 g/mol. The van der Waals surface area contributed by atoms with Gasteiger partial charge < -0.3 is 0 Å². The van der Waals surface area contributed by atoms with Crippen molar-refractivity contribution in [2.45, 2.75) is 18.8 Å². The molecule has 3 aromatic carbocycles. The zero-order valence-corrected chi connectivity index (χ0v) is 14.8. The van der Waals surface area contributed by atoms with E-state index in [1.807, 2.05) is 61.5 Å². The number of carbonyl (C=O) groups excluding carboxylic acids is 1. The zero-order chi connectivity index (χ0) is 19.0. The largest absolute Gasteiger partial charge is 0.280 e. The molecule has 0 aliphatic carbocycles. The number of carbonyl (C=O) groups is 1. The number of para-hydroxylation sites is 2. The van der Waals surface area contributed by atoms with Gasteiger partial charge in [0.2, 0.25) is 5.91 Å². The van der Waals surface area contributed by atoms with Gasteiger partial charge in [0.1, 0.15) is 0 Å². The summed E-state index contributed by atoms with van der Waals surface area (Å²) in [5.74, 6) is 0.00764. The number of benzene rings is 3. The van der Waals surface area contributed by atoms with E-state index in [1.54, 1.807) is 17.0 Å². The van der Waals surface area contributed by atoms with Gasteiger partial charge in [-0.1, -0.05) is 48.5 Å². The van der Waals surface area contributed by atoms with Crippen molar-refractivity contribution >= 4 is 23.0 Å². The first kappa shape index (κ1) is 17.0. The Kier molecular flexibility index (Phi) is 4.00. The lowest BCUT2D eigenvalue weighted by atomic mass is 9.78. The van der Waals surface area contributed by atoms with Crippen molar-refractivity contribution in [3.05, 3.63) is 100 Å². The number of hydrogen-bond acceptors (Lipinski definition) is 3. The zero-order valence-electron chi connectivity index (χ0n) is 14.8. The molecule has 1 unspecified atom stereocenters. The van der Waals surface area contributed by atoms with Gasteiger partial charge in [-0.3, -0.25) is 19.8 Å². The Morgan fingerprint density at radius 1 is 0.926 bits per heavy atom. The maximum atomic E-state index is 13.5. The van der Waals surface area contributed by atoms with Crippen molar-refractivity contribution in [3.8, 4) is 0 Å². The number of rotatable bonds is 4. The number of fused-ring (bicyclic) bond motifs is 1. The Labute approximate surface area is 157 Å². The van der Waals surface area contributed by atoms with E-state index in [9.17, 15) is 14.9 Å². The molecule has 0 radical (unpaired) electrons. The minimum atomic E-state index is -0.734. The van der Waals surface area contributed by atoms with Gasteiger partial charge in [-0.15, -0.1) is 0 Å². The maximum Gasteiger partial charge on any atom is 0.269 e. The quantitative estimate of drug-likeness (QED) is 0.498. The van der Waals surface area contributed by atoms with Gasteiger partial charge in [0, 0.05) is 17.8 Å². The minimum absolute atomic E-state index is 0.00764. The number of nitro benzene ring substituents is 1. The first-order valence-electron chi connectivity index (χ1n) is 8.73. The number of nitrogens with zero attached hydrogens (tertiary/aromatic N) is 2. The molecular formula is C22H18N2O3. The Morgan fingerprint density at radius 2 is 1.56 bits per heavy atom. The predicted molar refractivity (Wildman–Crippen MR) is 104 cm³/mol. The summed E-state index contributed by atoms with van der Waals surface area (Å²) in [4.78, 5) is 25.7. The number of anilines is 2. The second kappa shape index (κ2) is 6.36. The lowest BCUT2D eigenvalue weighted by Crippen LogP contribution is -2.37. The molecule has 0 bridgehead atoms. The van der Waals surface area contributed by atoms with Gasteiger partial charge in [0.15, 0.2) is 0 Å². The van der Waals surface area contributed by atoms with Gasteiger partial charge in [-0.25, -0.2) is 0 Å². The highest BCUT2D eigenvalue weighted by molar-refractivity contribution is 6.12. The second-order valence-corrected chi connectivity index (χ2v) is 6.93. The third kappa shape index (κ3) is 2.77. The van der Waals surface area contributed by atoms with Gasteiger partial charge in [0.05, 0.1) is 16.0 Å². The van der Waals surface area contributed by atoms with Crippen LogP contribution in [-0.2, 0) is 16.6 Å². The molecule has 5 nitrogen and oxygen atoms in total. The molecule has 0 N–H and O–H groups in total. The number of hydrogen-bond donors (Lipinski definition) is 0. The topological polar surface area (TPSA) is 63.5 Å². The summed E-state index contributed by atoms with van der Waals surface area (Å²) >= 11 is 0. The van der Waals surface area contributed by atoms with E-state index in [0.29, 0.717) is 6.42 Å². The fraction of sp³-hybridized carbons (Fsp3) is 0.136. The lowest BCUT2D eigenvalue weighted by Gasteiger charge is -2.24. The summed E-state index contributed by atoms with van der Waals surface area (Å²) in [5.41, 5.74) is 2.90. The Morgan fingerprint density at radius 3 is 2.22 bits per heavy atom. The van der Waals surface area contributed by atoms with Crippen LogP contribution in [-0.4, -0.2) is 10.8 Å². The lowest BCUT2D eigenvalue weighted by molar-refractivity contribution is -0.384. The Hall–Kier alpha value is -3.47. The summed E-state index contributed by atoms with van der Waals surface area (Å²) in [6.07, 6.45) is 0.476. The summed E-state index contributed by atoms with van der Waals surface area (Å²) < 4.78 is 0. The third-order valence-corrected chi connectivity index (χ3v) is 5.13. The number of non-ortho nitro benzene ring substituents is 1. The molecule has 0 saturated heterocycles. The number of amides is 1. The van der Waals surface area contributed by atoms with E-state index >= 15 is 0 Å². The Bertz CT molecular complexity index is 1020. The van der Waals surface area contributed by atoms with E-state index in [-0.39, 0.29) is 11.6 Å². The van der Waals surface area contributed by atoms with E-state index in [1.165, 1.54) is 12.1 Å². The van der Waals surface area contributed by atoms with Crippen molar-refractivity contribution in [1.82, 2.24) is 0 Å². The van der Waals surface area contributed by atoms with Crippen molar-refractivity contribution in [2.24, 2.45) is 0 Å². The van der Waals surface area contributed by atoms with Gasteiger partial charge in [0.25, 0.3) is 5.69 Å². The second-order valence-electron chi connectivity index (χ2n) is 6.93. The van der Waals surface area contributed by atoms with E-state index in [2.05, 4.69) is 0 Å². The smallest absolute Gasteiger partial charge is 0.269 e. The first-order valence-corrected chi connectivity index (χ1v) is 8.73. The van der Waals surface area contributed by atoms with E-state index in [0.717, 1.165) is 22.5 Å². The molecule has 27 heavy (non-hydrogen) atoms. The van der Waals surface area contributed by atoms with Crippen LogP contribution in [0.4, 0.5) is 17.1 Å². The molecule has 3 aromatic rings. The van der Waals surface area contributed by atoms with Crippen molar-refractivity contribution in [2.75, 3.05) is 4.90 Å². The van der Waals surface area contributed by atoms with Crippen LogP contribution in [0.15, 0.2) is 78.9 Å². The highest BCUT2D eigenvalue weighted by Crippen LogP contribution is 2.46. The van der Waals surface area contributed by atoms with Crippen LogP contribution in [0.3, 0.4) is 0 Å². The van der Waals surface area contributed by atoms with Crippen LogP contribution >= 0.6 is 0 Å².